The van der Waals surface area contributed by atoms with Gasteiger partial charge in [-0.05, 0) is 32.8 Å². The normalized spacial score (nSPS) is 12.0. The van der Waals surface area contributed by atoms with Crippen molar-refractivity contribution in [1.82, 2.24) is 0 Å². The maximum Gasteiger partial charge on any atom is 0.0319 e. The first-order chi connectivity index (χ1) is 4.52. The number of rotatable bonds is 0. The maximum absolute atomic E-state index is 3.51. The molecular weight excluding hydrogens is 208 g/mol. The fraction of sp³-hybridized carbons (Fsp3) is 0.500. The van der Waals surface area contributed by atoms with Gasteiger partial charge in [-0.25, -0.2) is 0 Å². The van der Waals surface area contributed by atoms with Crippen molar-refractivity contribution < 1.29 is 0 Å². The molecular formula is C8H11BrS. The molecule has 0 saturated heterocycles. The highest BCUT2D eigenvalue weighted by atomic mass is 79.9. The minimum Gasteiger partial charge on any atom is -0.147 e. The lowest BCUT2D eigenvalue weighted by Crippen LogP contribution is -2.08. The van der Waals surface area contributed by atoms with Gasteiger partial charge in [-0.15, -0.1) is 11.3 Å². The first-order valence-electron chi connectivity index (χ1n) is 3.25. The average molecular weight is 219 g/mol. The third-order valence-electron chi connectivity index (χ3n) is 1.30. The molecule has 0 aliphatic heterocycles. The van der Waals surface area contributed by atoms with E-state index in [4.69, 9.17) is 0 Å². The second kappa shape index (κ2) is 2.67. The molecule has 10 heavy (non-hydrogen) atoms. The highest BCUT2D eigenvalue weighted by Crippen LogP contribution is 2.33. The van der Waals surface area contributed by atoms with Crippen molar-refractivity contribution in [3.63, 3.8) is 0 Å². The average Bonchev–Trinajstić information content (AvgIpc) is 2.11. The van der Waals surface area contributed by atoms with Crippen LogP contribution in [0.4, 0.5) is 0 Å². The lowest BCUT2D eigenvalue weighted by atomic mass is 9.95. The lowest BCUT2D eigenvalue weighted by Gasteiger charge is -2.16. The molecule has 0 radical (unpaired) electrons. The smallest absolute Gasteiger partial charge is 0.0319 e. The van der Waals surface area contributed by atoms with Crippen LogP contribution in [0.25, 0.3) is 0 Å². The molecule has 0 unspecified atom stereocenters. The predicted octanol–water partition coefficient (Wildman–Crippen LogP) is 3.81. The van der Waals surface area contributed by atoms with E-state index in [1.54, 1.807) is 0 Å². The Balaban J connectivity index is 3.05. The Hall–Kier alpha value is 0.180. The predicted molar refractivity (Wildman–Crippen MR) is 50.7 cm³/mol. The van der Waals surface area contributed by atoms with Gasteiger partial charge < -0.3 is 0 Å². The van der Waals surface area contributed by atoms with Crippen molar-refractivity contribution in [2.45, 2.75) is 26.2 Å². The van der Waals surface area contributed by atoms with Crippen LogP contribution in [-0.2, 0) is 5.41 Å². The molecule has 0 aliphatic rings. The van der Waals surface area contributed by atoms with E-state index in [0.717, 1.165) is 0 Å². The van der Waals surface area contributed by atoms with Crippen molar-refractivity contribution in [2.75, 3.05) is 0 Å². The number of halogens is 1. The Kier molecular flexibility index (Phi) is 2.21. The molecule has 0 spiro atoms. The van der Waals surface area contributed by atoms with Crippen LogP contribution < -0.4 is 0 Å². The van der Waals surface area contributed by atoms with Crippen LogP contribution in [0.5, 0.6) is 0 Å². The van der Waals surface area contributed by atoms with E-state index < -0.39 is 0 Å². The van der Waals surface area contributed by atoms with Gasteiger partial charge in [0.05, 0.1) is 0 Å². The quantitative estimate of drug-likeness (QED) is 0.622. The van der Waals surface area contributed by atoms with Gasteiger partial charge in [-0.1, -0.05) is 20.8 Å². The summed E-state index contributed by atoms with van der Waals surface area (Å²) in [6, 6.07) is 2.10. The monoisotopic (exact) mass is 218 g/mol. The molecule has 0 saturated carbocycles. The van der Waals surface area contributed by atoms with Crippen LogP contribution in [-0.4, -0.2) is 0 Å². The molecule has 1 rings (SSSR count). The van der Waals surface area contributed by atoms with E-state index in [2.05, 4.69) is 48.1 Å². The Morgan fingerprint density at radius 1 is 1.40 bits per heavy atom. The standard InChI is InChI=1S/C8H11BrS/c1-8(2,3)7-6(9)4-5-10-7/h4-5H,1-3H3. The van der Waals surface area contributed by atoms with Gasteiger partial charge in [-0.2, -0.15) is 0 Å². The van der Waals surface area contributed by atoms with Gasteiger partial charge in [0.1, 0.15) is 0 Å². The second-order valence-electron chi connectivity index (χ2n) is 3.35. The molecule has 1 aromatic rings. The van der Waals surface area contributed by atoms with Gasteiger partial charge in [0.2, 0.25) is 0 Å². The molecule has 0 aliphatic carbocycles. The molecule has 0 aromatic carbocycles. The molecule has 1 aromatic heterocycles. The van der Waals surface area contributed by atoms with Crippen LogP contribution in [0.2, 0.25) is 0 Å². The first-order valence-corrected chi connectivity index (χ1v) is 4.92. The lowest BCUT2D eigenvalue weighted by molar-refractivity contribution is 0.601. The third kappa shape index (κ3) is 1.61. The fourth-order valence-electron chi connectivity index (χ4n) is 0.829. The van der Waals surface area contributed by atoms with Crippen molar-refractivity contribution in [2.24, 2.45) is 0 Å². The van der Waals surface area contributed by atoms with E-state index in [1.165, 1.54) is 9.35 Å². The highest BCUT2D eigenvalue weighted by molar-refractivity contribution is 9.10. The van der Waals surface area contributed by atoms with E-state index in [1.807, 2.05) is 11.3 Å². The Morgan fingerprint density at radius 3 is 2.20 bits per heavy atom. The zero-order chi connectivity index (χ0) is 7.78. The van der Waals surface area contributed by atoms with E-state index in [9.17, 15) is 0 Å². The van der Waals surface area contributed by atoms with Gasteiger partial charge >= 0.3 is 0 Å². The Labute approximate surface area is 74.4 Å². The molecule has 2 heteroatoms. The van der Waals surface area contributed by atoms with Gasteiger partial charge in [-0.3, -0.25) is 0 Å². The minimum absolute atomic E-state index is 0.285. The zero-order valence-electron chi connectivity index (χ0n) is 6.44. The molecule has 0 atom stereocenters. The third-order valence-corrected chi connectivity index (χ3v) is 3.56. The van der Waals surface area contributed by atoms with E-state index in [0.29, 0.717) is 0 Å². The summed E-state index contributed by atoms with van der Waals surface area (Å²) < 4.78 is 1.24. The topological polar surface area (TPSA) is 0 Å². The molecule has 1 heterocycles. The van der Waals surface area contributed by atoms with E-state index >= 15 is 0 Å². The molecule has 56 valence electrons. The molecule has 0 amide bonds. The second-order valence-corrected chi connectivity index (χ2v) is 5.12. The minimum atomic E-state index is 0.285. The summed E-state index contributed by atoms with van der Waals surface area (Å²) in [5.41, 5.74) is 0.285. The van der Waals surface area contributed by atoms with Crippen LogP contribution in [0.1, 0.15) is 25.6 Å². The summed E-state index contributed by atoms with van der Waals surface area (Å²) in [6.45, 7) is 6.68. The molecule has 0 nitrogen and oxygen atoms in total. The largest absolute Gasteiger partial charge is 0.147 e. The summed E-state index contributed by atoms with van der Waals surface area (Å²) in [6.07, 6.45) is 0. The van der Waals surface area contributed by atoms with Crippen LogP contribution in [0.3, 0.4) is 0 Å². The number of hydrogen-bond donors (Lipinski definition) is 0. The summed E-state index contributed by atoms with van der Waals surface area (Å²) in [5, 5.41) is 2.12. The van der Waals surface area contributed by atoms with Gasteiger partial charge in [0, 0.05) is 9.35 Å². The van der Waals surface area contributed by atoms with Crippen molar-refractivity contribution in [3.8, 4) is 0 Å². The number of thiophene rings is 1. The summed E-state index contributed by atoms with van der Waals surface area (Å²) in [7, 11) is 0. The summed E-state index contributed by atoms with van der Waals surface area (Å²) in [4.78, 5) is 1.42. The Morgan fingerprint density at radius 2 is 2.00 bits per heavy atom. The van der Waals surface area contributed by atoms with Crippen molar-refractivity contribution in [1.29, 1.82) is 0 Å². The first kappa shape index (κ1) is 8.28. The van der Waals surface area contributed by atoms with E-state index in [-0.39, 0.29) is 5.41 Å². The molecule has 0 N–H and O–H groups in total. The van der Waals surface area contributed by atoms with Crippen LogP contribution in [0.15, 0.2) is 15.9 Å². The fourth-order valence-corrected chi connectivity index (χ4v) is 2.89. The van der Waals surface area contributed by atoms with Crippen molar-refractivity contribution in [3.05, 3.63) is 20.8 Å². The number of hydrogen-bond acceptors (Lipinski definition) is 1. The SMILES string of the molecule is CC(C)(C)c1sccc1Br. The van der Waals surface area contributed by atoms with Crippen molar-refractivity contribution >= 4 is 27.3 Å². The van der Waals surface area contributed by atoms with Gasteiger partial charge in [0.15, 0.2) is 0 Å². The van der Waals surface area contributed by atoms with Gasteiger partial charge in [0.25, 0.3) is 0 Å². The zero-order valence-corrected chi connectivity index (χ0v) is 8.84. The van der Waals surface area contributed by atoms with Crippen LogP contribution >= 0.6 is 27.3 Å². The maximum atomic E-state index is 3.51. The Bertz CT molecular complexity index is 219. The van der Waals surface area contributed by atoms with Crippen LogP contribution in [0, 0.1) is 0 Å². The summed E-state index contributed by atoms with van der Waals surface area (Å²) >= 11 is 5.32. The highest BCUT2D eigenvalue weighted by Gasteiger charge is 2.17. The molecule has 0 bridgehead atoms. The summed E-state index contributed by atoms with van der Waals surface area (Å²) in [5.74, 6) is 0. The molecule has 0 fully saturated rings.